The lowest BCUT2D eigenvalue weighted by Crippen LogP contribution is -2.02. The smallest absolute Gasteiger partial charge is 0.312 e. The first-order valence-electron chi connectivity index (χ1n) is 27.1. The highest BCUT2D eigenvalue weighted by molar-refractivity contribution is 7.55. The summed E-state index contributed by atoms with van der Waals surface area (Å²) in [5.74, 6) is 0. The van der Waals surface area contributed by atoms with E-state index in [0.29, 0.717) is 26.4 Å². The molecular weight excluding hydrogens is 767 g/mol. The van der Waals surface area contributed by atoms with Crippen molar-refractivity contribution in [3.05, 3.63) is 0 Å². The van der Waals surface area contributed by atoms with Gasteiger partial charge >= 0.3 is 17.2 Å². The van der Waals surface area contributed by atoms with Crippen LogP contribution in [0.5, 0.6) is 0 Å². The fraction of sp³-hybridized carbons (Fsp3) is 1.00. The third-order valence-electron chi connectivity index (χ3n) is 11.9. The molecule has 0 aromatic rings. The van der Waals surface area contributed by atoms with E-state index in [9.17, 15) is 0 Å². The van der Waals surface area contributed by atoms with Crippen molar-refractivity contribution < 1.29 is 22.4 Å². The van der Waals surface area contributed by atoms with Crippen LogP contribution < -0.4 is 0 Å². The Morgan fingerprint density at radius 3 is 0.475 bits per heavy atom. The molecule has 0 rings (SSSR count). The number of hydrogen-bond acceptors (Lipinski definition) is 5. The molecule has 5 nitrogen and oxygen atoms in total. The van der Waals surface area contributed by atoms with Gasteiger partial charge in [0.05, 0.1) is 26.4 Å². The molecule has 0 aliphatic carbocycles. The maximum Gasteiger partial charge on any atom is 0.339 e. The van der Waals surface area contributed by atoms with Crippen molar-refractivity contribution >= 4 is 17.2 Å². The molecule has 7 heteroatoms. The average molecular weight is 875 g/mol. The van der Waals surface area contributed by atoms with E-state index in [0.717, 1.165) is 25.7 Å². The van der Waals surface area contributed by atoms with Gasteiger partial charge in [-0.2, -0.15) is 0 Å². The molecule has 0 saturated carbocycles. The first-order chi connectivity index (χ1) is 29.3. The summed E-state index contributed by atoms with van der Waals surface area (Å²) >= 11 is 0. The largest absolute Gasteiger partial charge is 0.339 e. The molecule has 0 spiro atoms. The summed E-state index contributed by atoms with van der Waals surface area (Å²) in [6, 6.07) is 0. The summed E-state index contributed by atoms with van der Waals surface area (Å²) in [6.07, 6.45) is 58.7. The molecular formula is C52H108O5P2. The Morgan fingerprint density at radius 2 is 0.322 bits per heavy atom. The predicted octanol–water partition coefficient (Wildman–Crippen LogP) is 20.8. The van der Waals surface area contributed by atoms with Crippen molar-refractivity contribution in [3.8, 4) is 0 Å². The highest BCUT2D eigenvalue weighted by atomic mass is 31.2. The first kappa shape index (κ1) is 59.7. The second-order valence-electron chi connectivity index (χ2n) is 18.0. The van der Waals surface area contributed by atoms with Gasteiger partial charge in [-0.3, -0.25) is 0 Å². The Hall–Kier alpha value is 0.660. The molecule has 0 fully saturated rings. The Kier molecular flexibility index (Phi) is 55.4. The zero-order valence-electron chi connectivity index (χ0n) is 40.9. The topological polar surface area (TPSA) is 46.2 Å². The molecule has 0 amide bonds. The van der Waals surface area contributed by atoms with E-state index in [-0.39, 0.29) is 0 Å². The third kappa shape index (κ3) is 51.2. The molecule has 0 aliphatic rings. The Bertz CT molecular complexity index is 617. The van der Waals surface area contributed by atoms with Crippen LogP contribution in [0.15, 0.2) is 0 Å². The molecule has 0 aromatic carbocycles. The fourth-order valence-corrected chi connectivity index (χ4v) is 10.3. The molecule has 356 valence electrons. The van der Waals surface area contributed by atoms with E-state index < -0.39 is 17.2 Å². The standard InChI is InChI=1S/C52H108O5P2/c1-5-9-13-17-21-25-29-33-37-41-45-49-53-58(54-50-46-42-38-34-30-26-22-18-14-10-6-2)57-59(55-51-47-43-39-35-31-27-23-19-15-11-7-3)56-52-48-44-40-36-32-28-24-20-16-12-8-4/h5-52H2,1-4H3. The molecule has 59 heavy (non-hydrogen) atoms. The van der Waals surface area contributed by atoms with Crippen molar-refractivity contribution in [1.82, 2.24) is 0 Å². The molecule has 0 unspecified atom stereocenters. The molecule has 0 aliphatic heterocycles. The van der Waals surface area contributed by atoms with Crippen molar-refractivity contribution in [1.29, 1.82) is 0 Å². The number of rotatable bonds is 54. The third-order valence-corrected chi connectivity index (χ3v) is 14.6. The van der Waals surface area contributed by atoms with Crippen molar-refractivity contribution in [2.45, 2.75) is 310 Å². The molecule has 0 heterocycles. The lowest BCUT2D eigenvalue weighted by Gasteiger charge is -2.22. The Labute approximate surface area is 374 Å². The van der Waals surface area contributed by atoms with Gasteiger partial charge in [0.15, 0.2) is 0 Å². The van der Waals surface area contributed by atoms with Crippen LogP contribution in [0.2, 0.25) is 0 Å². The van der Waals surface area contributed by atoms with E-state index in [1.165, 1.54) is 257 Å². The highest BCUT2D eigenvalue weighted by Crippen LogP contribution is 2.56. The zero-order chi connectivity index (χ0) is 42.6. The zero-order valence-corrected chi connectivity index (χ0v) is 42.7. The maximum atomic E-state index is 6.49. The van der Waals surface area contributed by atoms with Crippen LogP contribution in [0.3, 0.4) is 0 Å². The van der Waals surface area contributed by atoms with Crippen molar-refractivity contribution in [3.63, 3.8) is 0 Å². The SMILES string of the molecule is CCCCCCCCCCCCCOP(OCCCCCCCCCCCCC)OP(OCCCCCCCCCCCCC)OCCCCCCCCCCCCC. The van der Waals surface area contributed by atoms with Gasteiger partial charge in [0.25, 0.3) is 0 Å². The van der Waals surface area contributed by atoms with Crippen LogP contribution in [-0.2, 0) is 22.4 Å². The molecule has 0 N–H and O–H groups in total. The van der Waals surface area contributed by atoms with E-state index in [1.54, 1.807) is 0 Å². The van der Waals surface area contributed by atoms with Gasteiger partial charge in [0.1, 0.15) is 0 Å². The van der Waals surface area contributed by atoms with Gasteiger partial charge in [-0.15, -0.1) is 0 Å². The normalized spacial score (nSPS) is 11.9. The summed E-state index contributed by atoms with van der Waals surface area (Å²) in [4.78, 5) is 0. The molecule has 0 radical (unpaired) electrons. The molecule has 0 aromatic heterocycles. The maximum absolute atomic E-state index is 6.49. The fourth-order valence-electron chi connectivity index (χ4n) is 7.84. The van der Waals surface area contributed by atoms with Gasteiger partial charge in [-0.1, -0.05) is 285 Å². The van der Waals surface area contributed by atoms with Gasteiger partial charge in [0.2, 0.25) is 0 Å². The van der Waals surface area contributed by atoms with Crippen LogP contribution in [0.4, 0.5) is 0 Å². The monoisotopic (exact) mass is 875 g/mol. The predicted molar refractivity (Wildman–Crippen MR) is 265 cm³/mol. The molecule has 0 bridgehead atoms. The quantitative estimate of drug-likeness (QED) is 0.0450. The van der Waals surface area contributed by atoms with Crippen molar-refractivity contribution in [2.75, 3.05) is 26.4 Å². The second-order valence-corrected chi connectivity index (χ2v) is 20.6. The van der Waals surface area contributed by atoms with Crippen LogP contribution in [0, 0.1) is 0 Å². The van der Waals surface area contributed by atoms with E-state index >= 15 is 0 Å². The molecule has 0 saturated heterocycles. The summed E-state index contributed by atoms with van der Waals surface area (Å²) in [5.41, 5.74) is 0. The van der Waals surface area contributed by atoms with Crippen LogP contribution >= 0.6 is 17.2 Å². The number of hydrogen-bond donors (Lipinski definition) is 0. The summed E-state index contributed by atoms with van der Waals surface area (Å²) in [5, 5.41) is 0. The van der Waals surface area contributed by atoms with E-state index in [1.807, 2.05) is 0 Å². The minimum atomic E-state index is -1.48. The second kappa shape index (κ2) is 54.8. The van der Waals surface area contributed by atoms with Gasteiger partial charge in [-0.25, -0.2) is 4.31 Å². The first-order valence-corrected chi connectivity index (χ1v) is 29.3. The average Bonchev–Trinajstić information content (AvgIpc) is 3.24. The lowest BCUT2D eigenvalue weighted by atomic mass is 10.1. The van der Waals surface area contributed by atoms with Crippen LogP contribution in [0.25, 0.3) is 0 Å². The number of unbranched alkanes of at least 4 members (excludes halogenated alkanes) is 40. The van der Waals surface area contributed by atoms with E-state index in [4.69, 9.17) is 22.4 Å². The van der Waals surface area contributed by atoms with Crippen LogP contribution in [-0.4, -0.2) is 26.4 Å². The minimum absolute atomic E-state index is 0.696. The Balaban J connectivity index is 4.80. The summed E-state index contributed by atoms with van der Waals surface area (Å²) in [6.45, 7) is 12.0. The van der Waals surface area contributed by atoms with Gasteiger partial charge < -0.3 is 18.1 Å². The summed E-state index contributed by atoms with van der Waals surface area (Å²) in [7, 11) is -2.96. The van der Waals surface area contributed by atoms with Gasteiger partial charge in [-0.05, 0) is 25.7 Å². The minimum Gasteiger partial charge on any atom is -0.312 e. The van der Waals surface area contributed by atoms with Crippen molar-refractivity contribution in [2.24, 2.45) is 0 Å². The van der Waals surface area contributed by atoms with E-state index in [2.05, 4.69) is 27.7 Å². The van der Waals surface area contributed by atoms with Crippen LogP contribution in [0.1, 0.15) is 310 Å². The van der Waals surface area contributed by atoms with Gasteiger partial charge in [0, 0.05) is 0 Å². The highest BCUT2D eigenvalue weighted by Gasteiger charge is 2.23. The molecule has 0 atom stereocenters. The Morgan fingerprint density at radius 1 is 0.186 bits per heavy atom. The summed E-state index contributed by atoms with van der Waals surface area (Å²) < 4.78 is 31.9. The lowest BCUT2D eigenvalue weighted by molar-refractivity contribution is 0.160.